The van der Waals surface area contributed by atoms with Crippen molar-refractivity contribution in [2.24, 2.45) is 0 Å². The molecule has 2 aromatic carbocycles. The molecule has 0 radical (unpaired) electrons. The molecule has 0 aliphatic rings. The van der Waals surface area contributed by atoms with Gasteiger partial charge in [-0.15, -0.1) is 0 Å². The van der Waals surface area contributed by atoms with E-state index in [0.29, 0.717) is 16.9 Å². The summed E-state index contributed by atoms with van der Waals surface area (Å²) in [6, 6.07) is 13.4. The highest BCUT2D eigenvalue weighted by atomic mass is 19.1. The number of esters is 1. The number of benzene rings is 2. The Morgan fingerprint density at radius 3 is 2.43 bits per heavy atom. The Labute approximate surface area is 122 Å². The van der Waals surface area contributed by atoms with Gasteiger partial charge in [-0.2, -0.15) is 0 Å². The third kappa shape index (κ3) is 3.48. The van der Waals surface area contributed by atoms with E-state index in [9.17, 15) is 9.18 Å². The van der Waals surface area contributed by atoms with E-state index < -0.39 is 11.8 Å². The maximum absolute atomic E-state index is 13.6. The molecule has 0 aliphatic heterocycles. The van der Waals surface area contributed by atoms with Gasteiger partial charge < -0.3 is 9.47 Å². The van der Waals surface area contributed by atoms with Gasteiger partial charge in [-0.1, -0.05) is 30.3 Å². The van der Waals surface area contributed by atoms with E-state index in [4.69, 9.17) is 4.74 Å². The van der Waals surface area contributed by atoms with Crippen LogP contribution in [0.3, 0.4) is 0 Å². The predicted molar refractivity (Wildman–Crippen MR) is 78.5 cm³/mol. The largest absolute Gasteiger partial charge is 0.496 e. The lowest BCUT2D eigenvalue weighted by Gasteiger charge is -2.12. The van der Waals surface area contributed by atoms with Crippen molar-refractivity contribution in [1.82, 2.24) is 0 Å². The van der Waals surface area contributed by atoms with Gasteiger partial charge in [-0.3, -0.25) is 0 Å². The van der Waals surface area contributed by atoms with E-state index in [1.807, 2.05) is 30.3 Å². The molecule has 21 heavy (non-hydrogen) atoms. The number of hydrogen-bond donors (Lipinski definition) is 0. The Kier molecular flexibility index (Phi) is 4.72. The molecule has 4 heteroatoms. The Hall–Kier alpha value is -2.62. The first-order chi connectivity index (χ1) is 10.2. The number of halogens is 1. The van der Waals surface area contributed by atoms with Crippen molar-refractivity contribution >= 4 is 11.5 Å². The lowest BCUT2D eigenvalue weighted by Crippen LogP contribution is -2.00. The topological polar surface area (TPSA) is 35.5 Å². The molecule has 0 fully saturated rings. The lowest BCUT2D eigenvalue weighted by molar-refractivity contribution is -0.134. The second-order valence-corrected chi connectivity index (χ2v) is 4.29. The van der Waals surface area contributed by atoms with Crippen molar-refractivity contribution in [3.05, 3.63) is 71.6 Å². The quantitative estimate of drug-likeness (QED) is 0.638. The number of hydrogen-bond acceptors (Lipinski definition) is 3. The summed E-state index contributed by atoms with van der Waals surface area (Å²) in [4.78, 5) is 11.6. The Bertz CT molecular complexity index is 663. The van der Waals surface area contributed by atoms with Crippen molar-refractivity contribution in [3.8, 4) is 5.75 Å². The van der Waals surface area contributed by atoms with Crippen molar-refractivity contribution in [1.29, 1.82) is 0 Å². The molecule has 0 saturated heterocycles. The minimum absolute atomic E-state index is 0.405. The van der Waals surface area contributed by atoms with Crippen LogP contribution < -0.4 is 4.74 Å². The van der Waals surface area contributed by atoms with Gasteiger partial charge in [0, 0.05) is 11.6 Å². The molecule has 0 atom stereocenters. The summed E-state index contributed by atoms with van der Waals surface area (Å²) in [7, 11) is 2.79. The fraction of sp³-hybridized carbons (Fsp3) is 0.118. The van der Waals surface area contributed by atoms with E-state index >= 15 is 0 Å². The highest BCUT2D eigenvalue weighted by molar-refractivity contribution is 5.97. The highest BCUT2D eigenvalue weighted by Crippen LogP contribution is 2.31. The van der Waals surface area contributed by atoms with Crippen LogP contribution in [0, 0.1) is 5.82 Å². The predicted octanol–water partition coefficient (Wildman–Crippen LogP) is 3.44. The summed E-state index contributed by atoms with van der Waals surface area (Å²) < 4.78 is 23.5. The first kappa shape index (κ1) is 14.8. The Balaban J connectivity index is 2.63. The second kappa shape index (κ2) is 6.70. The second-order valence-electron chi connectivity index (χ2n) is 4.29. The third-order valence-electron chi connectivity index (χ3n) is 3.00. The molecule has 108 valence electrons. The van der Waals surface area contributed by atoms with Crippen LogP contribution in [-0.4, -0.2) is 20.2 Å². The zero-order valence-corrected chi connectivity index (χ0v) is 11.8. The smallest absolute Gasteiger partial charge is 0.331 e. The van der Waals surface area contributed by atoms with Gasteiger partial charge in [-0.25, -0.2) is 9.18 Å². The van der Waals surface area contributed by atoms with Crippen molar-refractivity contribution < 1.29 is 18.7 Å². The maximum Gasteiger partial charge on any atom is 0.331 e. The van der Waals surface area contributed by atoms with Crippen LogP contribution in [0.15, 0.2) is 54.6 Å². The van der Waals surface area contributed by atoms with E-state index in [1.165, 1.54) is 38.5 Å². The van der Waals surface area contributed by atoms with Crippen molar-refractivity contribution in [2.75, 3.05) is 14.2 Å². The molecule has 0 aromatic heterocycles. The van der Waals surface area contributed by atoms with E-state index in [1.54, 1.807) is 0 Å². The molecule has 2 aromatic rings. The zero-order valence-electron chi connectivity index (χ0n) is 11.8. The molecule has 2 rings (SSSR count). The average molecular weight is 286 g/mol. The van der Waals surface area contributed by atoms with E-state index in [0.717, 1.165) is 5.56 Å². The molecular formula is C17H15FO3. The molecule has 0 spiro atoms. The lowest BCUT2D eigenvalue weighted by atomic mass is 9.96. The van der Waals surface area contributed by atoms with Crippen LogP contribution in [0.4, 0.5) is 4.39 Å². The summed E-state index contributed by atoms with van der Waals surface area (Å²) in [6.45, 7) is 0. The van der Waals surface area contributed by atoms with Crippen LogP contribution >= 0.6 is 0 Å². The van der Waals surface area contributed by atoms with Crippen LogP contribution in [0.25, 0.3) is 5.57 Å². The van der Waals surface area contributed by atoms with Gasteiger partial charge in [0.2, 0.25) is 0 Å². The van der Waals surface area contributed by atoms with Gasteiger partial charge in [0.1, 0.15) is 11.6 Å². The third-order valence-corrected chi connectivity index (χ3v) is 3.00. The summed E-state index contributed by atoms with van der Waals surface area (Å²) in [5.74, 6) is -0.437. The van der Waals surface area contributed by atoms with Gasteiger partial charge in [0.05, 0.1) is 14.2 Å². The van der Waals surface area contributed by atoms with Gasteiger partial charge >= 0.3 is 5.97 Å². The molecule has 0 unspecified atom stereocenters. The number of carbonyl (C=O) groups is 1. The fourth-order valence-electron chi connectivity index (χ4n) is 2.00. The van der Waals surface area contributed by atoms with Gasteiger partial charge in [0.25, 0.3) is 0 Å². The molecule has 3 nitrogen and oxygen atoms in total. The minimum atomic E-state index is -0.514. The monoisotopic (exact) mass is 286 g/mol. The number of rotatable bonds is 4. The fourth-order valence-corrected chi connectivity index (χ4v) is 2.00. The Morgan fingerprint density at radius 1 is 1.10 bits per heavy atom. The molecule has 0 heterocycles. The summed E-state index contributed by atoms with van der Waals surface area (Å²) in [5, 5.41) is 0. The number of methoxy groups -OCH3 is 2. The molecule has 0 saturated carbocycles. The van der Waals surface area contributed by atoms with Gasteiger partial charge in [-0.05, 0) is 29.3 Å². The first-order valence-electron chi connectivity index (χ1n) is 6.34. The standard InChI is InChI=1S/C17H15FO3/c1-20-16-9-8-13(18)10-15(16)14(11-17(19)21-2)12-6-4-3-5-7-12/h3-11H,1-2H3/b14-11+. The highest BCUT2D eigenvalue weighted by Gasteiger charge is 2.14. The van der Waals surface area contributed by atoms with Crippen molar-refractivity contribution in [2.45, 2.75) is 0 Å². The Morgan fingerprint density at radius 2 is 1.81 bits per heavy atom. The number of ether oxygens (including phenoxy) is 2. The van der Waals surface area contributed by atoms with E-state index in [2.05, 4.69) is 4.74 Å². The summed E-state index contributed by atoms with van der Waals surface area (Å²) >= 11 is 0. The van der Waals surface area contributed by atoms with Crippen molar-refractivity contribution in [3.63, 3.8) is 0 Å². The number of carbonyl (C=O) groups excluding carboxylic acids is 1. The average Bonchev–Trinajstić information content (AvgIpc) is 2.53. The van der Waals surface area contributed by atoms with Crippen LogP contribution in [-0.2, 0) is 9.53 Å². The normalized spacial score (nSPS) is 11.1. The van der Waals surface area contributed by atoms with Crippen LogP contribution in [0.2, 0.25) is 0 Å². The van der Waals surface area contributed by atoms with Crippen LogP contribution in [0.1, 0.15) is 11.1 Å². The molecule has 0 N–H and O–H groups in total. The summed E-state index contributed by atoms with van der Waals surface area (Å²) in [6.07, 6.45) is 1.33. The van der Waals surface area contributed by atoms with Gasteiger partial charge in [0.15, 0.2) is 0 Å². The zero-order chi connectivity index (χ0) is 15.2. The van der Waals surface area contributed by atoms with Crippen LogP contribution in [0.5, 0.6) is 5.75 Å². The minimum Gasteiger partial charge on any atom is -0.496 e. The molecule has 0 bridgehead atoms. The molecular weight excluding hydrogens is 271 g/mol. The first-order valence-corrected chi connectivity index (χ1v) is 6.34. The summed E-state index contributed by atoms with van der Waals surface area (Å²) in [5.41, 5.74) is 1.81. The SMILES string of the molecule is COC(=O)/C=C(\c1ccccc1)c1cc(F)ccc1OC. The molecule has 0 aliphatic carbocycles. The maximum atomic E-state index is 13.6. The van der Waals surface area contributed by atoms with E-state index in [-0.39, 0.29) is 0 Å². The molecule has 0 amide bonds.